The maximum absolute atomic E-state index is 12.8. The number of carbonyl (C=O) groups is 2. The van der Waals surface area contributed by atoms with Gasteiger partial charge in [-0.2, -0.15) is 0 Å². The van der Waals surface area contributed by atoms with Gasteiger partial charge in [0.15, 0.2) is 5.78 Å². The maximum atomic E-state index is 12.8. The Morgan fingerprint density at radius 1 is 1.11 bits per heavy atom. The Bertz CT molecular complexity index is 827. The average molecular weight is 365 g/mol. The van der Waals surface area contributed by atoms with E-state index in [9.17, 15) is 9.59 Å². The second-order valence-corrected chi connectivity index (χ2v) is 6.38. The molecule has 140 valence electrons. The van der Waals surface area contributed by atoms with Gasteiger partial charge in [-0.3, -0.25) is 9.59 Å². The van der Waals surface area contributed by atoms with E-state index >= 15 is 0 Å². The van der Waals surface area contributed by atoms with Gasteiger partial charge >= 0.3 is 5.97 Å². The predicted molar refractivity (Wildman–Crippen MR) is 104 cm³/mol. The summed E-state index contributed by atoms with van der Waals surface area (Å²) in [4.78, 5) is 25.2. The molecule has 5 heteroatoms. The van der Waals surface area contributed by atoms with E-state index in [1.54, 1.807) is 14.0 Å². The number of esters is 1. The zero-order chi connectivity index (χ0) is 19.2. The number of ketones is 1. The summed E-state index contributed by atoms with van der Waals surface area (Å²) in [6.07, 6.45) is 2.07. The van der Waals surface area contributed by atoms with Crippen LogP contribution in [0.15, 0.2) is 66.4 Å². The van der Waals surface area contributed by atoms with Crippen molar-refractivity contribution in [2.24, 2.45) is 5.92 Å². The largest absolute Gasteiger partial charge is 0.497 e. The zero-order valence-electron chi connectivity index (χ0n) is 15.5. The molecule has 0 amide bonds. The summed E-state index contributed by atoms with van der Waals surface area (Å²) in [6.45, 7) is 2.00. The molecule has 27 heavy (non-hydrogen) atoms. The first kappa shape index (κ1) is 18.7. The molecule has 5 nitrogen and oxygen atoms in total. The van der Waals surface area contributed by atoms with Crippen molar-refractivity contribution in [2.45, 2.75) is 19.3 Å². The van der Waals surface area contributed by atoms with E-state index in [-0.39, 0.29) is 18.3 Å². The average Bonchev–Trinajstić information content (AvgIpc) is 2.69. The lowest BCUT2D eigenvalue weighted by Gasteiger charge is -2.29. The van der Waals surface area contributed by atoms with Gasteiger partial charge in [-0.1, -0.05) is 30.3 Å². The Labute approximate surface area is 159 Å². The third-order valence-corrected chi connectivity index (χ3v) is 4.63. The molecule has 0 unspecified atom stereocenters. The minimum Gasteiger partial charge on any atom is -0.497 e. The van der Waals surface area contributed by atoms with Crippen LogP contribution in [0.25, 0.3) is 0 Å². The van der Waals surface area contributed by atoms with Crippen LogP contribution < -0.4 is 10.1 Å². The van der Waals surface area contributed by atoms with Crippen molar-refractivity contribution in [3.8, 4) is 5.75 Å². The Kier molecular flexibility index (Phi) is 5.91. The molecule has 2 atom stereocenters. The molecule has 1 aliphatic rings. The molecule has 2 aromatic rings. The first-order valence-corrected chi connectivity index (χ1v) is 8.99. The summed E-state index contributed by atoms with van der Waals surface area (Å²) in [5.74, 6) is -1.00. The van der Waals surface area contributed by atoms with E-state index in [1.807, 2.05) is 54.6 Å². The van der Waals surface area contributed by atoms with E-state index in [0.29, 0.717) is 6.42 Å². The number of rotatable bonds is 6. The molecule has 0 aromatic heterocycles. The molecular formula is C22H23NO4. The number of allylic oxidation sites excluding steroid dienone is 2. The van der Waals surface area contributed by atoms with E-state index in [4.69, 9.17) is 9.47 Å². The normalized spacial score (nSPS) is 19.2. The van der Waals surface area contributed by atoms with E-state index in [2.05, 4.69) is 5.32 Å². The number of benzene rings is 2. The Balaban J connectivity index is 1.87. The van der Waals surface area contributed by atoms with E-state index < -0.39 is 11.9 Å². The molecule has 0 spiro atoms. The van der Waals surface area contributed by atoms with Crippen molar-refractivity contribution >= 4 is 17.4 Å². The highest BCUT2D eigenvalue weighted by Gasteiger charge is 2.39. The summed E-state index contributed by atoms with van der Waals surface area (Å²) < 4.78 is 10.3. The SMILES string of the molecule is CCOC(=O)[C@@H]1C(=O)C=C(Nc2ccc(OC)cc2)C[C@@H]1c1ccccc1. The number of anilines is 1. The number of carbonyl (C=O) groups excluding carboxylic acids is 2. The van der Waals surface area contributed by atoms with Crippen LogP contribution in [-0.4, -0.2) is 25.5 Å². The van der Waals surface area contributed by atoms with E-state index in [1.165, 1.54) is 6.08 Å². The first-order valence-electron chi connectivity index (χ1n) is 8.99. The van der Waals surface area contributed by atoms with Crippen LogP contribution in [0.5, 0.6) is 5.75 Å². The highest BCUT2D eigenvalue weighted by atomic mass is 16.5. The first-order chi connectivity index (χ1) is 13.1. The molecule has 0 heterocycles. The molecule has 2 aromatic carbocycles. The monoisotopic (exact) mass is 365 g/mol. The summed E-state index contributed by atoms with van der Waals surface area (Å²) in [5, 5.41) is 3.29. The lowest BCUT2D eigenvalue weighted by atomic mass is 9.76. The number of nitrogens with one attached hydrogen (secondary N) is 1. The Hall–Kier alpha value is -3.08. The van der Waals surface area contributed by atoms with Gasteiger partial charge in [0.2, 0.25) is 0 Å². The van der Waals surface area contributed by atoms with Gasteiger partial charge < -0.3 is 14.8 Å². The highest BCUT2D eigenvalue weighted by molar-refractivity contribution is 6.07. The standard InChI is InChI=1S/C22H23NO4/c1-3-27-22(25)21-19(15-7-5-4-6-8-15)13-17(14-20(21)24)23-16-9-11-18(26-2)12-10-16/h4-12,14,19,21,23H,3,13H2,1-2H3/t19-,21+/m1/s1. The fourth-order valence-corrected chi connectivity index (χ4v) is 3.34. The van der Waals surface area contributed by atoms with Gasteiger partial charge in [-0.05, 0) is 43.2 Å². The lowest BCUT2D eigenvalue weighted by Crippen LogP contribution is -2.35. The Morgan fingerprint density at radius 2 is 1.81 bits per heavy atom. The fourth-order valence-electron chi connectivity index (χ4n) is 3.34. The van der Waals surface area contributed by atoms with Crippen molar-refractivity contribution in [2.75, 3.05) is 19.0 Å². The zero-order valence-corrected chi connectivity index (χ0v) is 15.5. The molecule has 0 saturated heterocycles. The summed E-state index contributed by atoms with van der Waals surface area (Å²) in [5.41, 5.74) is 2.59. The number of hydrogen-bond acceptors (Lipinski definition) is 5. The van der Waals surface area contributed by atoms with Gasteiger partial charge in [0, 0.05) is 23.4 Å². The molecule has 0 radical (unpaired) electrons. The van der Waals surface area contributed by atoms with Gasteiger partial charge in [0.1, 0.15) is 11.7 Å². The summed E-state index contributed by atoms with van der Waals surface area (Å²) in [6, 6.07) is 17.1. The third-order valence-electron chi connectivity index (χ3n) is 4.63. The Morgan fingerprint density at radius 3 is 2.44 bits per heavy atom. The minimum atomic E-state index is -0.811. The molecular weight excluding hydrogens is 342 g/mol. The van der Waals surface area contributed by atoms with Crippen molar-refractivity contribution in [1.82, 2.24) is 0 Å². The van der Waals surface area contributed by atoms with Gasteiger partial charge in [-0.15, -0.1) is 0 Å². The fraction of sp³-hybridized carbons (Fsp3) is 0.273. The summed E-state index contributed by atoms with van der Waals surface area (Å²) >= 11 is 0. The number of hydrogen-bond donors (Lipinski definition) is 1. The van der Waals surface area contributed by atoms with Crippen LogP contribution in [0.4, 0.5) is 5.69 Å². The number of methoxy groups -OCH3 is 1. The quantitative estimate of drug-likeness (QED) is 0.621. The van der Waals surface area contributed by atoms with Crippen LogP contribution >= 0.6 is 0 Å². The molecule has 3 rings (SSSR count). The molecule has 1 N–H and O–H groups in total. The topological polar surface area (TPSA) is 64.6 Å². The number of ether oxygens (including phenoxy) is 2. The van der Waals surface area contributed by atoms with Crippen molar-refractivity contribution in [3.05, 3.63) is 71.9 Å². The molecule has 0 fully saturated rings. The van der Waals surface area contributed by atoms with Gasteiger partial charge in [0.25, 0.3) is 0 Å². The van der Waals surface area contributed by atoms with Gasteiger partial charge in [-0.25, -0.2) is 0 Å². The second kappa shape index (κ2) is 8.54. The molecule has 0 aliphatic heterocycles. The third kappa shape index (κ3) is 4.37. The van der Waals surface area contributed by atoms with Crippen LogP contribution in [0.2, 0.25) is 0 Å². The van der Waals surface area contributed by atoms with Gasteiger partial charge in [0.05, 0.1) is 13.7 Å². The highest BCUT2D eigenvalue weighted by Crippen LogP contribution is 2.37. The molecule has 0 saturated carbocycles. The lowest BCUT2D eigenvalue weighted by molar-refractivity contribution is -0.151. The van der Waals surface area contributed by atoms with Crippen molar-refractivity contribution in [3.63, 3.8) is 0 Å². The van der Waals surface area contributed by atoms with Crippen LogP contribution in [0, 0.1) is 5.92 Å². The van der Waals surface area contributed by atoms with Crippen molar-refractivity contribution < 1.29 is 19.1 Å². The predicted octanol–water partition coefficient (Wildman–Crippen LogP) is 3.93. The molecule has 0 bridgehead atoms. The molecule has 1 aliphatic carbocycles. The smallest absolute Gasteiger partial charge is 0.317 e. The van der Waals surface area contributed by atoms with Crippen LogP contribution in [0.1, 0.15) is 24.8 Å². The second-order valence-electron chi connectivity index (χ2n) is 6.38. The van der Waals surface area contributed by atoms with Crippen LogP contribution in [0.3, 0.4) is 0 Å². The maximum Gasteiger partial charge on any atom is 0.317 e. The van der Waals surface area contributed by atoms with Crippen LogP contribution in [-0.2, 0) is 14.3 Å². The van der Waals surface area contributed by atoms with E-state index in [0.717, 1.165) is 22.7 Å². The minimum absolute atomic E-state index is 0.232. The van der Waals surface area contributed by atoms with Crippen molar-refractivity contribution in [1.29, 1.82) is 0 Å². The summed E-state index contributed by atoms with van der Waals surface area (Å²) in [7, 11) is 1.62.